The van der Waals surface area contributed by atoms with Gasteiger partial charge in [-0.2, -0.15) is 0 Å². The van der Waals surface area contributed by atoms with Crippen LogP contribution in [0.4, 0.5) is 4.79 Å². The van der Waals surface area contributed by atoms with Gasteiger partial charge in [0.25, 0.3) is 5.91 Å². The number of imide groups is 1. The summed E-state index contributed by atoms with van der Waals surface area (Å²) in [6.45, 7) is 3.52. The lowest BCUT2D eigenvalue weighted by Gasteiger charge is -2.11. The van der Waals surface area contributed by atoms with Crippen molar-refractivity contribution in [2.45, 2.75) is 24.8 Å². The summed E-state index contributed by atoms with van der Waals surface area (Å²) in [6.07, 6.45) is 0. The van der Waals surface area contributed by atoms with Gasteiger partial charge in [-0.25, -0.2) is 17.9 Å². The van der Waals surface area contributed by atoms with E-state index in [2.05, 4.69) is 10.0 Å². The fraction of sp³-hybridized carbons (Fsp3) is 0.333. The zero-order chi connectivity index (χ0) is 14.9. The predicted molar refractivity (Wildman–Crippen MR) is 71.6 cm³/mol. The molecular weight excluding hydrogens is 282 g/mol. The molecule has 2 rings (SSSR count). The number of carbonyl (C=O) groups is 2. The van der Waals surface area contributed by atoms with Crippen LogP contribution in [-0.2, 0) is 14.8 Å². The summed E-state index contributed by atoms with van der Waals surface area (Å²) in [6, 6.07) is 3.27. The van der Waals surface area contributed by atoms with E-state index in [0.29, 0.717) is 0 Å². The van der Waals surface area contributed by atoms with Crippen LogP contribution in [-0.4, -0.2) is 32.9 Å². The van der Waals surface area contributed by atoms with Crippen molar-refractivity contribution in [2.24, 2.45) is 0 Å². The second-order valence-electron chi connectivity index (χ2n) is 4.61. The van der Waals surface area contributed by atoms with Crippen molar-refractivity contribution in [3.05, 3.63) is 29.3 Å². The average molecular weight is 297 g/mol. The van der Waals surface area contributed by atoms with E-state index < -0.39 is 28.0 Å². The highest BCUT2D eigenvalue weighted by molar-refractivity contribution is 7.89. The molecule has 0 spiro atoms. The largest absolute Gasteiger partial charge is 0.325 e. The van der Waals surface area contributed by atoms with Crippen LogP contribution in [0, 0.1) is 13.8 Å². The zero-order valence-corrected chi connectivity index (χ0v) is 11.9. The van der Waals surface area contributed by atoms with Crippen LogP contribution >= 0.6 is 0 Å². The number of aryl methyl sites for hydroxylation is 2. The van der Waals surface area contributed by atoms with E-state index in [1.165, 1.54) is 6.07 Å². The standard InChI is InChI=1S/C12H15N3O4S/c1-7-3-4-9(5-8(7)2)20(18,19)13-6-10-11(16)15-12(17)14-10/h3-5,10,13H,6H2,1-2H3,(H2,14,15,16,17). The lowest BCUT2D eigenvalue weighted by Crippen LogP contribution is -2.41. The number of nitrogens with one attached hydrogen (secondary N) is 3. The van der Waals surface area contributed by atoms with Crippen molar-refractivity contribution < 1.29 is 18.0 Å². The SMILES string of the molecule is Cc1ccc(S(=O)(=O)NCC2NC(=O)NC2=O)cc1C. The highest BCUT2D eigenvalue weighted by Crippen LogP contribution is 2.14. The Balaban J connectivity index is 2.09. The molecule has 108 valence electrons. The quantitative estimate of drug-likeness (QED) is 0.669. The van der Waals surface area contributed by atoms with E-state index in [1.54, 1.807) is 12.1 Å². The first-order chi connectivity index (χ1) is 9.29. The van der Waals surface area contributed by atoms with E-state index in [0.717, 1.165) is 11.1 Å². The Morgan fingerprint density at radius 1 is 1.20 bits per heavy atom. The van der Waals surface area contributed by atoms with Gasteiger partial charge < -0.3 is 5.32 Å². The van der Waals surface area contributed by atoms with E-state index in [-0.39, 0.29) is 11.4 Å². The summed E-state index contributed by atoms with van der Waals surface area (Å²) >= 11 is 0. The third-order valence-electron chi connectivity index (χ3n) is 3.12. The highest BCUT2D eigenvalue weighted by atomic mass is 32.2. The van der Waals surface area contributed by atoms with Crippen molar-refractivity contribution in [2.75, 3.05) is 6.54 Å². The molecule has 20 heavy (non-hydrogen) atoms. The van der Waals surface area contributed by atoms with Gasteiger partial charge in [-0.1, -0.05) is 6.07 Å². The number of amides is 3. The first-order valence-corrected chi connectivity index (χ1v) is 7.46. The normalized spacial score (nSPS) is 18.8. The van der Waals surface area contributed by atoms with Gasteiger partial charge in [-0.05, 0) is 37.1 Å². The number of carbonyl (C=O) groups excluding carboxylic acids is 2. The van der Waals surface area contributed by atoms with E-state index >= 15 is 0 Å². The van der Waals surface area contributed by atoms with Crippen molar-refractivity contribution in [1.82, 2.24) is 15.4 Å². The fourth-order valence-corrected chi connectivity index (χ4v) is 2.89. The van der Waals surface area contributed by atoms with Crippen LogP contribution in [0.1, 0.15) is 11.1 Å². The van der Waals surface area contributed by atoms with Gasteiger partial charge in [0.05, 0.1) is 4.90 Å². The molecule has 1 aromatic carbocycles. The Hall–Kier alpha value is -1.93. The molecule has 3 N–H and O–H groups in total. The summed E-state index contributed by atoms with van der Waals surface area (Å²) in [5, 5.41) is 4.36. The van der Waals surface area contributed by atoms with Crippen molar-refractivity contribution in [3.8, 4) is 0 Å². The molecule has 1 atom stereocenters. The van der Waals surface area contributed by atoms with Crippen molar-refractivity contribution in [1.29, 1.82) is 0 Å². The molecule has 1 aliphatic heterocycles. The van der Waals surface area contributed by atoms with Crippen molar-refractivity contribution >= 4 is 22.0 Å². The number of urea groups is 1. The second-order valence-corrected chi connectivity index (χ2v) is 6.38. The molecule has 1 aromatic rings. The Morgan fingerprint density at radius 3 is 2.45 bits per heavy atom. The molecule has 8 heteroatoms. The smallest absolute Gasteiger partial charge is 0.322 e. The minimum Gasteiger partial charge on any atom is -0.325 e. The lowest BCUT2D eigenvalue weighted by atomic mass is 10.1. The summed E-state index contributed by atoms with van der Waals surface area (Å²) in [4.78, 5) is 22.4. The van der Waals surface area contributed by atoms with Crippen LogP contribution in [0.3, 0.4) is 0 Å². The number of hydrogen-bond acceptors (Lipinski definition) is 4. The topological polar surface area (TPSA) is 104 Å². The van der Waals surface area contributed by atoms with E-state index in [1.807, 2.05) is 19.2 Å². The lowest BCUT2D eigenvalue weighted by molar-refractivity contribution is -0.120. The van der Waals surface area contributed by atoms with E-state index in [4.69, 9.17) is 0 Å². The Morgan fingerprint density at radius 2 is 1.90 bits per heavy atom. The van der Waals surface area contributed by atoms with Gasteiger partial charge in [-0.15, -0.1) is 0 Å². The summed E-state index contributed by atoms with van der Waals surface area (Å²) in [5.41, 5.74) is 1.85. The molecule has 7 nitrogen and oxygen atoms in total. The maximum atomic E-state index is 12.1. The first-order valence-electron chi connectivity index (χ1n) is 5.98. The summed E-state index contributed by atoms with van der Waals surface area (Å²) in [5.74, 6) is -0.544. The van der Waals surface area contributed by atoms with E-state index in [9.17, 15) is 18.0 Å². The van der Waals surface area contributed by atoms with Gasteiger partial charge in [0.15, 0.2) is 0 Å². The molecular formula is C12H15N3O4S. The Kier molecular flexibility index (Phi) is 3.78. The Labute approximate surface area is 116 Å². The number of hydrogen-bond donors (Lipinski definition) is 3. The van der Waals surface area contributed by atoms with Crippen LogP contribution in [0.5, 0.6) is 0 Å². The number of benzene rings is 1. The van der Waals surface area contributed by atoms with Crippen LogP contribution in [0.2, 0.25) is 0 Å². The molecule has 0 bridgehead atoms. The van der Waals surface area contributed by atoms with Crippen molar-refractivity contribution in [3.63, 3.8) is 0 Å². The number of rotatable bonds is 4. The minimum atomic E-state index is -3.71. The van der Waals surface area contributed by atoms with Gasteiger partial charge in [0, 0.05) is 6.54 Å². The fourth-order valence-electron chi connectivity index (χ4n) is 1.76. The molecule has 1 aliphatic rings. The van der Waals surface area contributed by atoms with Gasteiger partial charge >= 0.3 is 6.03 Å². The van der Waals surface area contributed by atoms with Crippen LogP contribution in [0.15, 0.2) is 23.1 Å². The maximum absolute atomic E-state index is 12.1. The molecule has 1 heterocycles. The molecule has 0 aliphatic carbocycles. The molecule has 0 radical (unpaired) electrons. The highest BCUT2D eigenvalue weighted by Gasteiger charge is 2.30. The third kappa shape index (κ3) is 2.97. The molecule has 1 unspecified atom stereocenters. The summed E-state index contributed by atoms with van der Waals surface area (Å²) < 4.78 is 26.5. The third-order valence-corrected chi connectivity index (χ3v) is 4.55. The van der Waals surface area contributed by atoms with Gasteiger partial charge in [0.1, 0.15) is 6.04 Å². The minimum absolute atomic E-state index is 0.130. The average Bonchev–Trinajstić information content (AvgIpc) is 2.69. The monoisotopic (exact) mass is 297 g/mol. The van der Waals surface area contributed by atoms with Crippen LogP contribution in [0.25, 0.3) is 0 Å². The molecule has 0 aromatic heterocycles. The molecule has 1 saturated heterocycles. The first kappa shape index (κ1) is 14.5. The molecule has 1 fully saturated rings. The van der Waals surface area contributed by atoms with Crippen LogP contribution < -0.4 is 15.4 Å². The molecule has 3 amide bonds. The number of sulfonamides is 1. The van der Waals surface area contributed by atoms with Gasteiger partial charge in [0.2, 0.25) is 10.0 Å². The Bertz CT molecular complexity index is 669. The second kappa shape index (κ2) is 5.22. The maximum Gasteiger partial charge on any atom is 0.322 e. The van der Waals surface area contributed by atoms with Gasteiger partial charge in [-0.3, -0.25) is 10.1 Å². The predicted octanol–water partition coefficient (Wildman–Crippen LogP) is -0.210. The summed E-state index contributed by atoms with van der Waals surface area (Å²) in [7, 11) is -3.71. The zero-order valence-electron chi connectivity index (χ0n) is 11.1. The molecule has 0 saturated carbocycles.